The Labute approximate surface area is 811 Å². The third-order valence-corrected chi connectivity index (χ3v) is 25.7. The van der Waals surface area contributed by atoms with Crippen molar-refractivity contribution in [2.75, 3.05) is 0 Å². The Hall–Kier alpha value is -19.3. The van der Waals surface area contributed by atoms with Crippen molar-refractivity contribution in [3.63, 3.8) is 0 Å². The van der Waals surface area contributed by atoms with E-state index < -0.39 is 0 Å². The van der Waals surface area contributed by atoms with Crippen LogP contribution in [-0.4, -0.2) is 78.1 Å². The van der Waals surface area contributed by atoms with Crippen LogP contribution in [-0.2, 0) is 0 Å². The Bertz CT molecular complexity index is 9650. The normalized spacial score (nSPS) is 12.2. The zero-order valence-electron chi connectivity index (χ0n) is 80.7. The van der Waals surface area contributed by atoms with E-state index in [0.717, 1.165) is 154 Å². The molecule has 19 aromatic carbocycles. The molecule has 8 heterocycles. The van der Waals surface area contributed by atoms with Gasteiger partial charge in [0.1, 0.15) is 0 Å². The topological polar surface area (TPSA) is 174 Å². The first-order chi connectivity index (χ1) is 72.0. The average molecular weight is 1800 g/mol. The molecule has 0 radical (unpaired) electrons. The van der Waals surface area contributed by atoms with Crippen LogP contribution in [0.1, 0.15) is 8.22 Å². The average Bonchev–Trinajstić information content (AvgIpc) is 1.54. The molecule has 0 saturated heterocycles. The summed E-state index contributed by atoms with van der Waals surface area (Å²) in [6, 6.07) is 143. The maximum Gasteiger partial charge on any atom is 0.166 e. The maximum atomic E-state index is 10.7. The largest absolute Gasteiger partial charge is 0.309 e. The Kier molecular flexibility index (Phi) is 18.6. The fourth-order valence-electron chi connectivity index (χ4n) is 19.3. The van der Waals surface area contributed by atoms with E-state index in [2.05, 4.69) is 146 Å². The molecule has 654 valence electrons. The summed E-state index contributed by atoms with van der Waals surface area (Å²) >= 11 is 0. The van der Waals surface area contributed by atoms with Crippen molar-refractivity contribution < 1.29 is 8.22 Å². The molecule has 0 saturated carbocycles. The van der Waals surface area contributed by atoms with Gasteiger partial charge in [0.25, 0.3) is 0 Å². The number of hydrogen-bond donors (Lipinski definition) is 0. The highest BCUT2D eigenvalue weighted by molar-refractivity contribution is 6.28. The smallest absolute Gasteiger partial charge is 0.166 e. The molecule has 0 fully saturated rings. The molecular weight excluding hydrogens is 1710 g/mol. The lowest BCUT2D eigenvalue weighted by atomic mass is 10.0. The van der Waals surface area contributed by atoms with Gasteiger partial charge in [0.15, 0.2) is 69.9 Å². The molecule has 140 heavy (non-hydrogen) atoms. The summed E-state index contributed by atoms with van der Waals surface area (Å²) < 4.78 is 71.2. The third kappa shape index (κ3) is 14.5. The first-order valence-electron chi connectivity index (χ1n) is 49.2. The van der Waals surface area contributed by atoms with Gasteiger partial charge in [0, 0.05) is 121 Å². The van der Waals surface area contributed by atoms with Crippen LogP contribution in [0.3, 0.4) is 0 Å². The predicted octanol–water partition coefficient (Wildman–Crippen LogP) is 29.7. The summed E-state index contributed by atoms with van der Waals surface area (Å²) in [5, 5.41) is 9.94. The number of fused-ring (bicyclic) bond motifs is 15. The molecule has 0 unspecified atom stereocenters. The number of aromatic nitrogens is 16. The Balaban J connectivity index is 0.000000149. The monoisotopic (exact) mass is 1800 g/mol. The number of benzene rings is 19. The summed E-state index contributed by atoms with van der Waals surface area (Å²) in [5.74, 6) is 3.43. The van der Waals surface area contributed by atoms with Gasteiger partial charge < -0.3 is 18.3 Å². The van der Waals surface area contributed by atoms with E-state index >= 15 is 0 Å². The van der Waals surface area contributed by atoms with Crippen molar-refractivity contribution in [3.8, 4) is 159 Å². The van der Waals surface area contributed by atoms with Gasteiger partial charge >= 0.3 is 0 Å². The lowest BCUT2D eigenvalue weighted by Gasteiger charge is -2.17. The van der Waals surface area contributed by atoms with Crippen molar-refractivity contribution in [2.45, 2.75) is 0 Å². The SMILES string of the molecule is [2H]c1c([2H])c(-n2c3ccccc3c3ccc4c(c5ccccc5n4-c4ccc5ccccc5c4)c32)c(-c2nc(-c3ccccc3)nc(-c3ccccc3)n2)c([2H])c1-c1nc(-c2ccccc2)nc(-c2ccccc2)n1.[2H]c1c([2H])c(-n2c3ccccc3c3ccc4c(c5ccccc5n4-c4ccccc4)c32)c(-c2nc(-c3ccccc3)nc(-c3ccccc3)n2)c([2H])c1-c1nc(-c2ccccc2)nc(-c2ccccc2)n1. The molecule has 0 N–H and O–H groups in total. The maximum absolute atomic E-state index is 10.7. The molecular formula is C124H78N16. The number of hydrogen-bond acceptors (Lipinski definition) is 12. The van der Waals surface area contributed by atoms with Crippen molar-refractivity contribution in [1.82, 2.24) is 78.1 Å². The lowest BCUT2D eigenvalue weighted by molar-refractivity contribution is 1.06. The zero-order valence-corrected chi connectivity index (χ0v) is 74.7. The molecule has 0 atom stereocenters. The fourth-order valence-corrected chi connectivity index (χ4v) is 19.3. The molecule has 0 bridgehead atoms. The van der Waals surface area contributed by atoms with Crippen molar-refractivity contribution in [3.05, 3.63) is 473 Å². The van der Waals surface area contributed by atoms with Crippen LogP contribution in [0, 0.1) is 0 Å². The molecule has 27 rings (SSSR count). The van der Waals surface area contributed by atoms with Gasteiger partial charge in [-0.3, -0.25) is 0 Å². The van der Waals surface area contributed by atoms with E-state index in [0.29, 0.717) is 46.6 Å². The highest BCUT2D eigenvalue weighted by atomic mass is 15.1. The second-order valence-electron chi connectivity index (χ2n) is 34.1. The van der Waals surface area contributed by atoms with Crippen molar-refractivity contribution >= 4 is 98.0 Å². The summed E-state index contributed by atoms with van der Waals surface area (Å²) in [6.07, 6.45) is 0. The van der Waals surface area contributed by atoms with E-state index in [1.807, 2.05) is 309 Å². The standard InChI is InChI=1S/C64H40N8.C60H38N8/c1-5-20-42(21-6-1)59-65-60(43-22-7-2-8-23-43)68-63(67-59)47-34-37-55(52(40-47)64-69-61(44-24-9-3-10-25-44)66-62(70-64)45-26-11-4-12-27-45)72-53-31-17-15-29-49(53)50-36-38-56-57(58(50)72)51-30-16-18-32-54(51)71(56)48-35-33-41-19-13-14-28-46(41)39-48;1-6-20-39(21-7-1)55-61-56(40-22-8-2-9-23-40)64-59(63-55)43-34-36-51(48(38-43)60-65-57(41-24-10-3-11-25-41)62-58(66-60)42-26-12-4-13-27-42)68-49-32-18-16-30-45(49)46-35-37-52-53(54(46)68)47-31-17-19-33-50(47)67(52)44-28-14-5-15-29-44/h1-40H;1-38H/i34D,37D,40D;34D,36D,38D. The molecule has 0 amide bonds. The van der Waals surface area contributed by atoms with Crippen LogP contribution in [0.4, 0.5) is 0 Å². The second kappa shape index (κ2) is 34.6. The minimum atomic E-state index is -0.236. The van der Waals surface area contributed by atoms with Gasteiger partial charge in [-0.25, -0.2) is 59.8 Å². The summed E-state index contributed by atoms with van der Waals surface area (Å²) in [5.41, 5.74) is 16.1. The second-order valence-corrected chi connectivity index (χ2v) is 34.1. The Morgan fingerprint density at radius 2 is 0.414 bits per heavy atom. The summed E-state index contributed by atoms with van der Waals surface area (Å²) in [6.45, 7) is 0. The van der Waals surface area contributed by atoms with Crippen LogP contribution < -0.4 is 0 Å². The summed E-state index contributed by atoms with van der Waals surface area (Å²) in [4.78, 5) is 61.0. The first-order valence-corrected chi connectivity index (χ1v) is 46.2. The highest BCUT2D eigenvalue weighted by Crippen LogP contribution is 2.48. The van der Waals surface area contributed by atoms with Gasteiger partial charge in [-0.05, 0) is 108 Å². The number of rotatable bonds is 16. The van der Waals surface area contributed by atoms with Gasteiger partial charge in [-0.2, -0.15) is 0 Å². The van der Waals surface area contributed by atoms with Crippen LogP contribution in [0.25, 0.3) is 257 Å². The highest BCUT2D eigenvalue weighted by Gasteiger charge is 2.30. The minimum absolute atomic E-state index is 0.0391. The predicted molar refractivity (Wildman–Crippen MR) is 567 cm³/mol. The van der Waals surface area contributed by atoms with Crippen LogP contribution >= 0.6 is 0 Å². The van der Waals surface area contributed by atoms with Gasteiger partial charge in [-0.15, -0.1) is 0 Å². The molecule has 0 aliphatic heterocycles. The van der Waals surface area contributed by atoms with E-state index in [-0.39, 0.29) is 93.2 Å². The first kappa shape index (κ1) is 75.1. The van der Waals surface area contributed by atoms with Crippen molar-refractivity contribution in [2.24, 2.45) is 0 Å². The van der Waals surface area contributed by atoms with Gasteiger partial charge in [0.2, 0.25) is 0 Å². The lowest BCUT2D eigenvalue weighted by Crippen LogP contribution is -2.05. The van der Waals surface area contributed by atoms with Gasteiger partial charge in [0.05, 0.1) is 63.7 Å². The molecule has 27 aromatic rings. The fraction of sp³-hybridized carbons (Fsp3) is 0. The zero-order chi connectivity index (χ0) is 97.7. The van der Waals surface area contributed by atoms with E-state index in [1.165, 1.54) is 0 Å². The Morgan fingerprint density at radius 3 is 0.736 bits per heavy atom. The number of para-hydroxylation sites is 5. The molecule has 0 aliphatic carbocycles. The number of nitrogens with zero attached hydrogens (tertiary/aromatic N) is 16. The molecule has 0 spiro atoms. The Morgan fingerprint density at radius 1 is 0.164 bits per heavy atom. The molecule has 16 heteroatoms. The molecule has 0 aliphatic rings. The van der Waals surface area contributed by atoms with E-state index in [4.69, 9.17) is 59.8 Å². The minimum Gasteiger partial charge on any atom is -0.309 e. The van der Waals surface area contributed by atoms with E-state index in [1.54, 1.807) is 0 Å². The van der Waals surface area contributed by atoms with Gasteiger partial charge in [-0.1, -0.05) is 376 Å². The van der Waals surface area contributed by atoms with E-state index in [9.17, 15) is 8.22 Å². The molecule has 8 aromatic heterocycles. The summed E-state index contributed by atoms with van der Waals surface area (Å²) in [7, 11) is 0. The van der Waals surface area contributed by atoms with Crippen LogP contribution in [0.15, 0.2) is 473 Å². The third-order valence-electron chi connectivity index (χ3n) is 25.7. The molecule has 16 nitrogen and oxygen atoms in total. The van der Waals surface area contributed by atoms with Crippen LogP contribution in [0.2, 0.25) is 0 Å². The quantitative estimate of drug-likeness (QED) is 0.0897. The van der Waals surface area contributed by atoms with Crippen LogP contribution in [0.5, 0.6) is 0 Å². The van der Waals surface area contributed by atoms with Crippen molar-refractivity contribution in [1.29, 1.82) is 0 Å².